The van der Waals surface area contributed by atoms with Gasteiger partial charge in [-0.05, 0) is 51.4 Å². The molecule has 1 N–H and O–H groups in total. The third-order valence-corrected chi connectivity index (χ3v) is 4.05. The van der Waals surface area contributed by atoms with E-state index in [1.807, 2.05) is 27.7 Å². The molecule has 1 atom stereocenters. The van der Waals surface area contributed by atoms with Crippen LogP contribution in [0.5, 0.6) is 0 Å². The van der Waals surface area contributed by atoms with E-state index in [0.717, 1.165) is 6.04 Å². The summed E-state index contributed by atoms with van der Waals surface area (Å²) >= 11 is 0. The first-order valence-corrected chi connectivity index (χ1v) is 8.98. The van der Waals surface area contributed by atoms with Crippen molar-refractivity contribution in [2.75, 3.05) is 26.7 Å². The summed E-state index contributed by atoms with van der Waals surface area (Å²) in [5.41, 5.74) is 0.504. The summed E-state index contributed by atoms with van der Waals surface area (Å²) in [4.78, 5) is 2.49. The molecule has 0 radical (unpaired) electrons. The summed E-state index contributed by atoms with van der Waals surface area (Å²) in [5, 5.41) is 3.64. The molecule has 0 saturated carbocycles. The van der Waals surface area contributed by atoms with Gasteiger partial charge in [0.25, 0.3) is 0 Å². The fourth-order valence-electron chi connectivity index (χ4n) is 2.60. The SMILES string of the molecule is CC.CC.CCCCCN(C)CCC1NCCC1(C)C. The first-order chi connectivity index (χ1) is 9.56. The lowest BCUT2D eigenvalue weighted by Gasteiger charge is -2.28. The fraction of sp³-hybridized carbons (Fsp3) is 1.00. The molecule has 1 rings (SSSR count). The third-order valence-electron chi connectivity index (χ3n) is 4.05. The van der Waals surface area contributed by atoms with Crippen LogP contribution in [0.1, 0.15) is 80.6 Å². The second-order valence-electron chi connectivity index (χ2n) is 6.04. The maximum Gasteiger partial charge on any atom is 0.0131 e. The molecule has 1 aliphatic heterocycles. The van der Waals surface area contributed by atoms with Crippen molar-refractivity contribution >= 4 is 0 Å². The first-order valence-electron chi connectivity index (χ1n) is 8.98. The topological polar surface area (TPSA) is 15.3 Å². The van der Waals surface area contributed by atoms with Gasteiger partial charge in [0, 0.05) is 6.04 Å². The molecule has 124 valence electrons. The van der Waals surface area contributed by atoms with Crippen molar-refractivity contribution in [3.63, 3.8) is 0 Å². The number of nitrogens with zero attached hydrogens (tertiary/aromatic N) is 1. The van der Waals surface area contributed by atoms with Crippen LogP contribution in [-0.4, -0.2) is 37.6 Å². The maximum absolute atomic E-state index is 3.64. The molecule has 2 nitrogen and oxygen atoms in total. The minimum Gasteiger partial charge on any atom is -0.313 e. The van der Waals surface area contributed by atoms with Crippen LogP contribution in [0, 0.1) is 5.41 Å². The van der Waals surface area contributed by atoms with Crippen LogP contribution in [0.2, 0.25) is 0 Å². The van der Waals surface area contributed by atoms with E-state index in [4.69, 9.17) is 0 Å². The molecular formula is C18H42N2. The third kappa shape index (κ3) is 9.77. The molecule has 1 fully saturated rings. The summed E-state index contributed by atoms with van der Waals surface area (Å²) in [7, 11) is 2.26. The molecule has 0 aliphatic carbocycles. The van der Waals surface area contributed by atoms with E-state index < -0.39 is 0 Å². The highest BCUT2D eigenvalue weighted by atomic mass is 15.1. The highest BCUT2D eigenvalue weighted by molar-refractivity contribution is 4.90. The molecular weight excluding hydrogens is 244 g/mol. The summed E-state index contributed by atoms with van der Waals surface area (Å²) in [6.45, 7) is 18.8. The Hall–Kier alpha value is -0.0800. The summed E-state index contributed by atoms with van der Waals surface area (Å²) < 4.78 is 0. The number of nitrogens with one attached hydrogen (secondary N) is 1. The number of hydrogen-bond donors (Lipinski definition) is 1. The van der Waals surface area contributed by atoms with Gasteiger partial charge in [-0.15, -0.1) is 0 Å². The van der Waals surface area contributed by atoms with Crippen LogP contribution >= 0.6 is 0 Å². The number of hydrogen-bond acceptors (Lipinski definition) is 2. The largest absolute Gasteiger partial charge is 0.313 e. The Bertz CT molecular complexity index is 190. The predicted octanol–water partition coefficient (Wildman–Crippen LogP) is 4.94. The molecule has 0 aromatic rings. The highest BCUT2D eigenvalue weighted by Gasteiger charge is 2.33. The minimum absolute atomic E-state index is 0.504. The van der Waals surface area contributed by atoms with Crippen LogP contribution in [0.25, 0.3) is 0 Å². The molecule has 1 saturated heterocycles. The minimum atomic E-state index is 0.504. The molecule has 20 heavy (non-hydrogen) atoms. The van der Waals surface area contributed by atoms with Crippen molar-refractivity contribution in [1.29, 1.82) is 0 Å². The number of unbranched alkanes of at least 4 members (excludes halogenated alkanes) is 2. The van der Waals surface area contributed by atoms with Crippen molar-refractivity contribution in [3.8, 4) is 0 Å². The van der Waals surface area contributed by atoms with Gasteiger partial charge >= 0.3 is 0 Å². The van der Waals surface area contributed by atoms with Crippen molar-refractivity contribution < 1.29 is 0 Å². The molecule has 2 heteroatoms. The average molecular weight is 287 g/mol. The van der Waals surface area contributed by atoms with Crippen LogP contribution in [0.3, 0.4) is 0 Å². The Labute approximate surface area is 129 Å². The maximum atomic E-state index is 3.64. The van der Waals surface area contributed by atoms with Crippen molar-refractivity contribution in [2.45, 2.75) is 86.6 Å². The summed E-state index contributed by atoms with van der Waals surface area (Å²) in [6.07, 6.45) is 6.68. The van der Waals surface area contributed by atoms with Crippen LogP contribution in [0.15, 0.2) is 0 Å². The van der Waals surface area contributed by atoms with Crippen LogP contribution in [-0.2, 0) is 0 Å². The Kier molecular flexibility index (Phi) is 15.4. The Balaban J connectivity index is 0. The highest BCUT2D eigenvalue weighted by Crippen LogP contribution is 2.31. The first kappa shape index (κ1) is 22.2. The molecule has 1 heterocycles. The standard InChI is InChI=1S/C14H30N2.2C2H6/c1-5-6-7-11-16(4)12-8-13-14(2,3)9-10-15-13;2*1-2/h13,15H,5-12H2,1-4H3;2*1-2H3. The van der Waals surface area contributed by atoms with E-state index in [2.05, 4.69) is 38.0 Å². The zero-order chi connectivity index (χ0) is 16.0. The van der Waals surface area contributed by atoms with Crippen LogP contribution in [0.4, 0.5) is 0 Å². The molecule has 0 spiro atoms. The molecule has 1 aliphatic rings. The second kappa shape index (κ2) is 13.9. The van der Waals surface area contributed by atoms with Gasteiger partial charge < -0.3 is 10.2 Å². The normalized spacial score (nSPS) is 19.9. The van der Waals surface area contributed by atoms with Gasteiger partial charge in [0.15, 0.2) is 0 Å². The smallest absolute Gasteiger partial charge is 0.0131 e. The second-order valence-corrected chi connectivity index (χ2v) is 6.04. The Morgan fingerprint density at radius 2 is 1.65 bits per heavy atom. The quantitative estimate of drug-likeness (QED) is 0.667. The zero-order valence-corrected chi connectivity index (χ0v) is 15.7. The van der Waals surface area contributed by atoms with Gasteiger partial charge in [-0.1, -0.05) is 61.3 Å². The van der Waals surface area contributed by atoms with E-state index in [1.165, 1.54) is 51.7 Å². The van der Waals surface area contributed by atoms with E-state index in [0.29, 0.717) is 5.41 Å². The lowest BCUT2D eigenvalue weighted by Crippen LogP contribution is -2.36. The van der Waals surface area contributed by atoms with Gasteiger partial charge in [0.1, 0.15) is 0 Å². The lowest BCUT2D eigenvalue weighted by molar-refractivity contribution is 0.249. The predicted molar refractivity (Wildman–Crippen MR) is 94.5 cm³/mol. The van der Waals surface area contributed by atoms with E-state index in [-0.39, 0.29) is 0 Å². The van der Waals surface area contributed by atoms with Crippen molar-refractivity contribution in [2.24, 2.45) is 5.41 Å². The van der Waals surface area contributed by atoms with E-state index in [9.17, 15) is 0 Å². The monoisotopic (exact) mass is 286 g/mol. The van der Waals surface area contributed by atoms with E-state index >= 15 is 0 Å². The average Bonchev–Trinajstić information content (AvgIpc) is 2.80. The van der Waals surface area contributed by atoms with Gasteiger partial charge in [-0.25, -0.2) is 0 Å². The summed E-state index contributed by atoms with van der Waals surface area (Å²) in [6, 6.07) is 0.723. The molecule has 0 amide bonds. The molecule has 1 unspecified atom stereocenters. The van der Waals surface area contributed by atoms with E-state index in [1.54, 1.807) is 0 Å². The molecule has 0 aromatic heterocycles. The summed E-state index contributed by atoms with van der Waals surface area (Å²) in [5.74, 6) is 0. The Morgan fingerprint density at radius 1 is 1.05 bits per heavy atom. The zero-order valence-electron chi connectivity index (χ0n) is 15.7. The van der Waals surface area contributed by atoms with Crippen LogP contribution < -0.4 is 5.32 Å². The molecule has 0 aromatic carbocycles. The van der Waals surface area contributed by atoms with Gasteiger partial charge in [-0.2, -0.15) is 0 Å². The van der Waals surface area contributed by atoms with Gasteiger partial charge in [-0.3, -0.25) is 0 Å². The van der Waals surface area contributed by atoms with Crippen molar-refractivity contribution in [1.82, 2.24) is 10.2 Å². The number of rotatable bonds is 7. The van der Waals surface area contributed by atoms with Gasteiger partial charge in [0.05, 0.1) is 0 Å². The Morgan fingerprint density at radius 3 is 2.10 bits per heavy atom. The molecule has 0 bridgehead atoms. The van der Waals surface area contributed by atoms with Gasteiger partial charge in [0.2, 0.25) is 0 Å². The van der Waals surface area contributed by atoms with Crippen molar-refractivity contribution in [3.05, 3.63) is 0 Å². The lowest BCUT2D eigenvalue weighted by atomic mass is 9.83. The fourth-order valence-corrected chi connectivity index (χ4v) is 2.60.